The molecule has 3 heteroatoms. The van der Waals surface area contributed by atoms with Crippen LogP contribution in [0.5, 0.6) is 0 Å². The van der Waals surface area contributed by atoms with Gasteiger partial charge in [-0.3, -0.25) is 0 Å². The second-order valence-corrected chi connectivity index (χ2v) is 16.0. The summed E-state index contributed by atoms with van der Waals surface area (Å²) in [5.74, 6) is 5.05. The van der Waals surface area contributed by atoms with Gasteiger partial charge in [-0.05, 0) is 110 Å². The first-order chi connectivity index (χ1) is 17.6. The number of carbonyl (C=O) groups excluding carboxylic acids is 1. The molecule has 0 radical (unpaired) electrons. The molecule has 4 fully saturated rings. The maximum atomic E-state index is 12.8. The summed E-state index contributed by atoms with van der Waals surface area (Å²) in [6, 6.07) is 9.51. The van der Waals surface area contributed by atoms with E-state index in [0.717, 1.165) is 48.3 Å². The Bertz CT molecular complexity index is 944. The Morgan fingerprint density at radius 2 is 1.70 bits per heavy atom. The van der Waals surface area contributed by atoms with E-state index in [1.165, 1.54) is 64.2 Å². The minimum atomic E-state index is -0.160. The Morgan fingerprint density at radius 3 is 2.43 bits per heavy atom. The number of halogens is 1. The van der Waals surface area contributed by atoms with Gasteiger partial charge in [-0.15, -0.1) is 0 Å². The van der Waals surface area contributed by atoms with E-state index in [9.17, 15) is 4.79 Å². The lowest BCUT2D eigenvalue weighted by Crippen LogP contribution is -2.60. The third-order valence-electron chi connectivity index (χ3n) is 12.2. The van der Waals surface area contributed by atoms with Gasteiger partial charge in [0.1, 0.15) is 6.10 Å². The van der Waals surface area contributed by atoms with Crippen molar-refractivity contribution in [3.8, 4) is 0 Å². The van der Waals surface area contributed by atoms with Crippen LogP contribution in [-0.4, -0.2) is 16.4 Å². The minimum absolute atomic E-state index is 0.0214. The third-order valence-corrected chi connectivity index (χ3v) is 13.8. The van der Waals surface area contributed by atoms with Gasteiger partial charge in [0.15, 0.2) is 0 Å². The first-order valence-corrected chi connectivity index (χ1v) is 16.3. The van der Waals surface area contributed by atoms with Gasteiger partial charge in [0.25, 0.3) is 0 Å². The highest BCUT2D eigenvalue weighted by Gasteiger charge is 2.64. The normalized spacial score (nSPS) is 42.0. The van der Waals surface area contributed by atoms with Crippen LogP contribution in [0.2, 0.25) is 0 Å². The molecule has 0 heterocycles. The van der Waals surface area contributed by atoms with Crippen molar-refractivity contribution in [2.24, 2.45) is 46.3 Å². The maximum Gasteiger partial charge on any atom is 0.338 e. The Labute approximate surface area is 235 Å². The van der Waals surface area contributed by atoms with Crippen molar-refractivity contribution >= 4 is 21.9 Å². The van der Waals surface area contributed by atoms with Gasteiger partial charge >= 0.3 is 5.97 Å². The lowest BCUT2D eigenvalue weighted by molar-refractivity contribution is -0.116. The summed E-state index contributed by atoms with van der Waals surface area (Å²) in [6.45, 7) is 12.6. The van der Waals surface area contributed by atoms with E-state index in [0.29, 0.717) is 16.4 Å². The number of hydrogen-bond acceptors (Lipinski definition) is 2. The fourth-order valence-electron chi connectivity index (χ4n) is 10.1. The number of hydrogen-bond donors (Lipinski definition) is 0. The van der Waals surface area contributed by atoms with Crippen molar-refractivity contribution < 1.29 is 9.53 Å². The molecule has 4 aliphatic rings. The first-order valence-electron chi connectivity index (χ1n) is 15.5. The molecule has 0 spiro atoms. The van der Waals surface area contributed by atoms with Gasteiger partial charge in [-0.25, -0.2) is 4.79 Å². The molecule has 2 nitrogen and oxygen atoms in total. The van der Waals surface area contributed by atoms with E-state index in [1.54, 1.807) is 0 Å². The molecular weight excluding hydrogens is 520 g/mol. The van der Waals surface area contributed by atoms with Crippen molar-refractivity contribution in [3.05, 3.63) is 35.9 Å². The van der Waals surface area contributed by atoms with Crippen LogP contribution in [0.25, 0.3) is 0 Å². The van der Waals surface area contributed by atoms with Gasteiger partial charge in [-0.1, -0.05) is 88.0 Å². The summed E-state index contributed by atoms with van der Waals surface area (Å²) in [4.78, 5) is 12.8. The second-order valence-electron chi connectivity index (χ2n) is 14.5. The molecule has 1 aromatic carbocycles. The number of ether oxygens (including phenoxy) is 1. The molecule has 206 valence electrons. The molecule has 4 aliphatic carbocycles. The lowest BCUT2D eigenvalue weighted by Gasteiger charge is -2.64. The fraction of sp³-hybridized carbons (Fsp3) is 0.794. The second kappa shape index (κ2) is 10.6. The van der Waals surface area contributed by atoms with E-state index in [-0.39, 0.29) is 16.4 Å². The molecule has 4 saturated carbocycles. The van der Waals surface area contributed by atoms with Gasteiger partial charge in [-0.2, -0.15) is 0 Å². The number of carbonyl (C=O) groups is 1. The Balaban J connectivity index is 1.26. The summed E-state index contributed by atoms with van der Waals surface area (Å²) < 4.78 is 6.17. The lowest BCUT2D eigenvalue weighted by atomic mass is 9.44. The summed E-state index contributed by atoms with van der Waals surface area (Å²) in [5, 5.41) is 0. The number of benzene rings is 1. The Morgan fingerprint density at radius 1 is 0.946 bits per heavy atom. The fourth-order valence-corrected chi connectivity index (χ4v) is 11.2. The molecule has 5 rings (SSSR count). The van der Waals surface area contributed by atoms with Crippen LogP contribution in [0.4, 0.5) is 0 Å². The molecule has 0 aliphatic heterocycles. The van der Waals surface area contributed by atoms with E-state index < -0.39 is 0 Å². The standard InChI is InChI=1S/C34H51BrO2/c1-23(2)10-9-11-24(3)28-14-15-29-27-17-21-34(35)22-26(37-31(36)25-12-7-6-8-13-25)16-20-33(34,5)30(27)18-19-32(28,29)4/h6-8,12-13,23-24,26-30H,9-11,14-22H2,1-5H3/t24-,26-,27-,28-,29+,30+,32+,33+,34+/m0/s1. The van der Waals surface area contributed by atoms with Gasteiger partial charge in [0.05, 0.1) is 5.56 Å². The molecule has 37 heavy (non-hydrogen) atoms. The molecule has 0 unspecified atom stereocenters. The molecule has 0 N–H and O–H groups in total. The van der Waals surface area contributed by atoms with Gasteiger partial charge < -0.3 is 4.74 Å². The SMILES string of the molecule is CC(C)CCC[C@H](C)[C@@H]1CC[C@@H]2[C@@H]3CC[C@@]4(Br)C[C@@H](OC(=O)c5ccccc5)CC[C@]4(C)[C@@H]3CC[C@@]21C. The zero-order valence-corrected chi connectivity index (χ0v) is 25.7. The maximum absolute atomic E-state index is 12.8. The molecular formula is C34H51BrO2. The van der Waals surface area contributed by atoms with Crippen molar-refractivity contribution in [2.45, 2.75) is 122 Å². The van der Waals surface area contributed by atoms with Crippen LogP contribution in [-0.2, 0) is 4.74 Å². The van der Waals surface area contributed by atoms with E-state index in [4.69, 9.17) is 4.74 Å². The number of rotatable bonds is 7. The summed E-state index contributed by atoms with van der Waals surface area (Å²) >= 11 is 4.35. The van der Waals surface area contributed by atoms with E-state index in [2.05, 4.69) is 50.5 Å². The zero-order valence-electron chi connectivity index (χ0n) is 24.1. The minimum Gasteiger partial charge on any atom is -0.459 e. The van der Waals surface area contributed by atoms with Crippen LogP contribution in [0, 0.1) is 46.3 Å². The third kappa shape index (κ3) is 4.98. The molecule has 9 atom stereocenters. The van der Waals surface area contributed by atoms with Crippen molar-refractivity contribution in [1.29, 1.82) is 0 Å². The van der Waals surface area contributed by atoms with E-state index >= 15 is 0 Å². The monoisotopic (exact) mass is 570 g/mol. The summed E-state index contributed by atoms with van der Waals surface area (Å²) in [7, 11) is 0. The highest BCUT2D eigenvalue weighted by atomic mass is 79.9. The van der Waals surface area contributed by atoms with Crippen molar-refractivity contribution in [2.75, 3.05) is 0 Å². The number of alkyl halides is 1. The molecule has 0 aromatic heterocycles. The average molecular weight is 572 g/mol. The topological polar surface area (TPSA) is 26.3 Å². The quantitative estimate of drug-likeness (QED) is 0.241. The van der Waals surface area contributed by atoms with E-state index in [1.807, 2.05) is 30.3 Å². The summed E-state index contributed by atoms with van der Waals surface area (Å²) in [5.41, 5.74) is 1.51. The van der Waals surface area contributed by atoms with Crippen LogP contribution >= 0.6 is 15.9 Å². The van der Waals surface area contributed by atoms with Gasteiger partial charge in [0, 0.05) is 10.7 Å². The Hall–Kier alpha value is -0.830. The smallest absolute Gasteiger partial charge is 0.338 e. The van der Waals surface area contributed by atoms with Crippen LogP contribution in [0.3, 0.4) is 0 Å². The average Bonchev–Trinajstić information content (AvgIpc) is 3.22. The highest BCUT2D eigenvalue weighted by Crippen LogP contribution is 2.71. The zero-order chi connectivity index (χ0) is 26.4. The van der Waals surface area contributed by atoms with Crippen LogP contribution in [0.1, 0.15) is 122 Å². The molecule has 0 amide bonds. The predicted molar refractivity (Wildman–Crippen MR) is 157 cm³/mol. The number of fused-ring (bicyclic) bond motifs is 5. The van der Waals surface area contributed by atoms with Crippen LogP contribution < -0.4 is 0 Å². The van der Waals surface area contributed by atoms with Crippen LogP contribution in [0.15, 0.2) is 30.3 Å². The highest BCUT2D eigenvalue weighted by molar-refractivity contribution is 9.10. The van der Waals surface area contributed by atoms with Crippen molar-refractivity contribution in [1.82, 2.24) is 0 Å². The largest absolute Gasteiger partial charge is 0.459 e. The Kier molecular flexibility index (Phi) is 7.96. The first kappa shape index (κ1) is 27.7. The summed E-state index contributed by atoms with van der Waals surface area (Å²) in [6.07, 6.45) is 15.7. The molecule has 1 aromatic rings. The predicted octanol–water partition coefficient (Wildman–Crippen LogP) is 9.85. The molecule has 0 saturated heterocycles. The number of esters is 1. The van der Waals surface area contributed by atoms with Crippen molar-refractivity contribution in [3.63, 3.8) is 0 Å². The van der Waals surface area contributed by atoms with Gasteiger partial charge in [0.2, 0.25) is 0 Å². The molecule has 0 bridgehead atoms.